The number of imide groups is 1. The van der Waals surface area contributed by atoms with Gasteiger partial charge in [-0.05, 0) is 37.5 Å². The van der Waals surface area contributed by atoms with Gasteiger partial charge >= 0.3 is 6.03 Å². The molecule has 2 unspecified atom stereocenters. The fourth-order valence-electron chi connectivity index (χ4n) is 4.75. The molecule has 1 spiro atoms. The summed E-state index contributed by atoms with van der Waals surface area (Å²) in [4.78, 5) is 40.7. The van der Waals surface area contributed by atoms with Gasteiger partial charge in [0.25, 0.3) is 5.91 Å². The molecule has 1 aliphatic heterocycles. The largest absolute Gasteiger partial charge is 0.344 e. The Morgan fingerprint density at radius 3 is 2.52 bits per heavy atom. The van der Waals surface area contributed by atoms with Crippen LogP contribution in [0, 0.1) is 11.8 Å². The summed E-state index contributed by atoms with van der Waals surface area (Å²) in [6.07, 6.45) is 9.76. The Labute approximate surface area is 150 Å². The number of hydrogen-bond acceptors (Lipinski definition) is 3. The van der Waals surface area contributed by atoms with Crippen molar-refractivity contribution in [1.29, 1.82) is 0 Å². The van der Waals surface area contributed by atoms with Crippen molar-refractivity contribution in [2.45, 2.75) is 70.3 Å². The van der Waals surface area contributed by atoms with Gasteiger partial charge in [-0.1, -0.05) is 39.0 Å². The predicted octanol–water partition coefficient (Wildman–Crippen LogP) is 2.53. The number of carbonyl (C=O) groups excluding carboxylic acids is 3. The van der Waals surface area contributed by atoms with Crippen LogP contribution >= 0.6 is 0 Å². The summed E-state index contributed by atoms with van der Waals surface area (Å²) in [7, 11) is 1.79. The molecule has 0 aromatic carbocycles. The van der Waals surface area contributed by atoms with Gasteiger partial charge in [-0.2, -0.15) is 0 Å². The smallest absolute Gasteiger partial charge is 0.325 e. The highest BCUT2D eigenvalue weighted by atomic mass is 16.2. The SMILES string of the molecule is CC1CCCCC12NC(=O)N(CC(=O)N(C)CC1CCCCC1)C2=O. The van der Waals surface area contributed by atoms with Gasteiger partial charge in [0.2, 0.25) is 5.91 Å². The highest BCUT2D eigenvalue weighted by Crippen LogP contribution is 2.38. The van der Waals surface area contributed by atoms with E-state index in [0.29, 0.717) is 12.3 Å². The minimum Gasteiger partial charge on any atom is -0.344 e. The Balaban J connectivity index is 1.60. The lowest BCUT2D eigenvalue weighted by Gasteiger charge is -2.36. The summed E-state index contributed by atoms with van der Waals surface area (Å²) < 4.78 is 0. The molecule has 2 aliphatic carbocycles. The summed E-state index contributed by atoms with van der Waals surface area (Å²) in [6, 6.07) is -0.404. The molecule has 1 N–H and O–H groups in total. The van der Waals surface area contributed by atoms with E-state index in [1.807, 2.05) is 6.92 Å². The number of likely N-dealkylation sites (N-methyl/N-ethyl adjacent to an activating group) is 1. The monoisotopic (exact) mass is 349 g/mol. The lowest BCUT2D eigenvalue weighted by Crippen LogP contribution is -2.54. The highest BCUT2D eigenvalue weighted by molar-refractivity contribution is 6.09. The summed E-state index contributed by atoms with van der Waals surface area (Å²) in [5.41, 5.74) is -0.780. The van der Waals surface area contributed by atoms with Gasteiger partial charge < -0.3 is 10.2 Å². The second-order valence-corrected chi connectivity index (χ2v) is 8.22. The molecule has 0 bridgehead atoms. The van der Waals surface area contributed by atoms with Crippen molar-refractivity contribution in [3.63, 3.8) is 0 Å². The maximum atomic E-state index is 12.9. The molecule has 0 radical (unpaired) electrons. The van der Waals surface area contributed by atoms with Crippen molar-refractivity contribution in [3.05, 3.63) is 0 Å². The van der Waals surface area contributed by atoms with Crippen molar-refractivity contribution < 1.29 is 14.4 Å². The van der Waals surface area contributed by atoms with Crippen LogP contribution in [0.25, 0.3) is 0 Å². The second-order valence-electron chi connectivity index (χ2n) is 8.22. The topological polar surface area (TPSA) is 69.7 Å². The zero-order valence-corrected chi connectivity index (χ0v) is 15.6. The molecular weight excluding hydrogens is 318 g/mol. The van der Waals surface area contributed by atoms with Crippen LogP contribution in [0.2, 0.25) is 0 Å². The van der Waals surface area contributed by atoms with E-state index in [9.17, 15) is 14.4 Å². The molecule has 3 fully saturated rings. The van der Waals surface area contributed by atoms with E-state index in [1.54, 1.807) is 11.9 Å². The van der Waals surface area contributed by atoms with Gasteiger partial charge in [0.15, 0.2) is 0 Å². The van der Waals surface area contributed by atoms with Gasteiger partial charge in [0.1, 0.15) is 12.1 Å². The number of nitrogens with one attached hydrogen (secondary N) is 1. The standard InChI is InChI=1S/C19H31N3O3/c1-14-8-6-7-11-19(14)17(24)22(18(25)20-19)13-16(23)21(2)12-15-9-4-3-5-10-15/h14-15H,3-13H2,1-2H3,(H,20,25). The van der Waals surface area contributed by atoms with E-state index >= 15 is 0 Å². The third-order valence-corrected chi connectivity index (χ3v) is 6.48. The van der Waals surface area contributed by atoms with Crippen molar-refractivity contribution in [2.75, 3.05) is 20.1 Å². The van der Waals surface area contributed by atoms with E-state index in [4.69, 9.17) is 0 Å². The Morgan fingerprint density at radius 2 is 1.84 bits per heavy atom. The number of nitrogens with zero attached hydrogens (tertiary/aromatic N) is 2. The molecule has 4 amide bonds. The molecule has 3 rings (SSSR count). The van der Waals surface area contributed by atoms with Crippen molar-refractivity contribution in [2.24, 2.45) is 11.8 Å². The molecule has 1 saturated heterocycles. The second kappa shape index (κ2) is 7.34. The van der Waals surface area contributed by atoms with Crippen LogP contribution in [0.4, 0.5) is 4.79 Å². The van der Waals surface area contributed by atoms with E-state index in [-0.39, 0.29) is 24.3 Å². The van der Waals surface area contributed by atoms with Crippen LogP contribution in [0.1, 0.15) is 64.7 Å². The number of hydrogen-bond donors (Lipinski definition) is 1. The summed E-state index contributed by atoms with van der Waals surface area (Å²) in [5.74, 6) is 0.326. The molecule has 3 aliphatic rings. The van der Waals surface area contributed by atoms with Gasteiger partial charge in [-0.15, -0.1) is 0 Å². The van der Waals surface area contributed by atoms with Crippen LogP contribution in [0.15, 0.2) is 0 Å². The first-order chi connectivity index (χ1) is 11.9. The maximum Gasteiger partial charge on any atom is 0.325 e. The van der Waals surface area contributed by atoms with E-state index in [1.165, 1.54) is 32.1 Å². The Morgan fingerprint density at radius 1 is 1.16 bits per heavy atom. The number of carbonyl (C=O) groups is 3. The Hall–Kier alpha value is -1.59. The molecule has 6 nitrogen and oxygen atoms in total. The first-order valence-electron chi connectivity index (χ1n) is 9.82. The first-order valence-corrected chi connectivity index (χ1v) is 9.82. The minimum atomic E-state index is -0.780. The normalized spacial score (nSPS) is 30.6. The molecule has 140 valence electrons. The van der Waals surface area contributed by atoms with Crippen LogP contribution in [0.5, 0.6) is 0 Å². The van der Waals surface area contributed by atoms with Crippen LogP contribution in [-0.2, 0) is 9.59 Å². The molecule has 1 heterocycles. The zero-order chi connectivity index (χ0) is 18.0. The van der Waals surface area contributed by atoms with Gasteiger partial charge in [0.05, 0.1) is 0 Å². The van der Waals surface area contributed by atoms with Gasteiger partial charge in [-0.3, -0.25) is 14.5 Å². The fraction of sp³-hybridized carbons (Fsp3) is 0.842. The molecule has 2 saturated carbocycles. The minimum absolute atomic E-state index is 0.123. The number of amides is 4. The molecule has 0 aromatic rings. The quantitative estimate of drug-likeness (QED) is 0.793. The average molecular weight is 349 g/mol. The number of rotatable bonds is 4. The fourth-order valence-corrected chi connectivity index (χ4v) is 4.75. The van der Waals surface area contributed by atoms with Gasteiger partial charge in [0, 0.05) is 13.6 Å². The molecule has 0 aromatic heterocycles. The summed E-state index contributed by atoms with van der Waals surface area (Å²) >= 11 is 0. The third-order valence-electron chi connectivity index (χ3n) is 6.48. The average Bonchev–Trinajstić information content (AvgIpc) is 2.83. The molecule has 2 atom stereocenters. The van der Waals surface area contributed by atoms with E-state index in [0.717, 1.165) is 30.7 Å². The molecule has 25 heavy (non-hydrogen) atoms. The van der Waals surface area contributed by atoms with Crippen LogP contribution < -0.4 is 5.32 Å². The van der Waals surface area contributed by atoms with E-state index in [2.05, 4.69) is 5.32 Å². The first kappa shape index (κ1) is 18.2. The van der Waals surface area contributed by atoms with Crippen LogP contribution in [-0.4, -0.2) is 53.3 Å². The number of urea groups is 1. The lowest BCUT2D eigenvalue weighted by molar-refractivity contribution is -0.140. The van der Waals surface area contributed by atoms with Crippen molar-refractivity contribution in [3.8, 4) is 0 Å². The predicted molar refractivity (Wildman–Crippen MR) is 94.8 cm³/mol. The zero-order valence-electron chi connectivity index (χ0n) is 15.6. The van der Waals surface area contributed by atoms with Gasteiger partial charge in [-0.25, -0.2) is 4.79 Å². The maximum absolute atomic E-state index is 12.9. The van der Waals surface area contributed by atoms with Crippen molar-refractivity contribution in [1.82, 2.24) is 15.1 Å². The molecule has 6 heteroatoms. The van der Waals surface area contributed by atoms with Crippen LogP contribution in [0.3, 0.4) is 0 Å². The van der Waals surface area contributed by atoms with Crippen molar-refractivity contribution >= 4 is 17.8 Å². The highest BCUT2D eigenvalue weighted by Gasteiger charge is 2.55. The summed E-state index contributed by atoms with van der Waals surface area (Å²) in [6.45, 7) is 2.62. The lowest BCUT2D eigenvalue weighted by atomic mass is 9.73. The third kappa shape index (κ3) is 3.53. The Kier molecular flexibility index (Phi) is 5.35. The Bertz CT molecular complexity index is 544. The summed E-state index contributed by atoms with van der Waals surface area (Å²) in [5, 5.41) is 2.91. The van der Waals surface area contributed by atoms with E-state index < -0.39 is 11.6 Å². The molecular formula is C19H31N3O3.